The molecule has 0 bridgehead atoms. The van der Waals surface area contributed by atoms with Crippen LogP contribution in [0.2, 0.25) is 0 Å². The molecule has 1 aliphatic rings. The number of nitrogens with zero attached hydrogens (tertiary/aromatic N) is 2. The highest BCUT2D eigenvalue weighted by Gasteiger charge is 2.30. The van der Waals surface area contributed by atoms with Crippen LogP contribution in [-0.4, -0.2) is 33.5 Å². The minimum Gasteiger partial charge on any atom is -0.490 e. The number of methoxy groups -OCH3 is 1. The molecule has 0 aliphatic carbocycles. The summed E-state index contributed by atoms with van der Waals surface area (Å²) in [4.78, 5) is 10.4. The summed E-state index contributed by atoms with van der Waals surface area (Å²) < 4.78 is 32.4. The van der Waals surface area contributed by atoms with E-state index in [1.54, 1.807) is 12.1 Å². The first-order valence-corrected chi connectivity index (χ1v) is 9.03. The first-order chi connectivity index (χ1) is 11.9. The van der Waals surface area contributed by atoms with Crippen LogP contribution in [0.25, 0.3) is 0 Å². The highest BCUT2D eigenvalue weighted by molar-refractivity contribution is 7.92. The number of anilines is 1. The summed E-state index contributed by atoms with van der Waals surface area (Å²) in [7, 11) is -2.65. The molecule has 25 heavy (non-hydrogen) atoms. The van der Waals surface area contributed by atoms with Crippen LogP contribution < -0.4 is 14.4 Å². The maximum Gasteiger partial charge on any atom is 0.312 e. The largest absolute Gasteiger partial charge is 0.490 e. The summed E-state index contributed by atoms with van der Waals surface area (Å²) in [6.45, 7) is 1.27. The average Bonchev–Trinajstić information content (AvgIpc) is 2.84. The van der Waals surface area contributed by atoms with Crippen LogP contribution in [0.4, 0.5) is 11.4 Å². The Balaban J connectivity index is 2.11. The van der Waals surface area contributed by atoms with Gasteiger partial charge in [0.15, 0.2) is 5.75 Å². The van der Waals surface area contributed by atoms with Crippen LogP contribution in [0.5, 0.6) is 5.75 Å². The van der Waals surface area contributed by atoms with E-state index in [0.717, 1.165) is 11.6 Å². The van der Waals surface area contributed by atoms with E-state index in [2.05, 4.69) is 5.32 Å². The fourth-order valence-electron chi connectivity index (χ4n) is 2.78. The number of hydrogen-bond donors (Lipinski definition) is 1. The molecule has 0 saturated carbocycles. The second-order valence-corrected chi connectivity index (χ2v) is 7.34. The standard InChI is InChI=1S/C16H17N3O5S/c1-24-16-7-6-13(10-15(16)19(20)21)25(22,23)18-9-8-17-11-12-4-2-3-5-14(12)18/h2-7,10,17H,8-9,11H2,1H3. The number of ether oxygens (including phenoxy) is 1. The summed E-state index contributed by atoms with van der Waals surface area (Å²) in [6, 6.07) is 10.9. The van der Waals surface area contributed by atoms with Gasteiger partial charge in [-0.05, 0) is 23.8 Å². The molecule has 132 valence electrons. The molecular formula is C16H17N3O5S. The average molecular weight is 363 g/mol. The molecule has 1 N–H and O–H groups in total. The molecule has 0 atom stereocenters. The van der Waals surface area contributed by atoms with E-state index in [9.17, 15) is 18.5 Å². The van der Waals surface area contributed by atoms with Gasteiger partial charge in [-0.1, -0.05) is 18.2 Å². The van der Waals surface area contributed by atoms with Crippen molar-refractivity contribution in [1.82, 2.24) is 5.32 Å². The molecule has 0 fully saturated rings. The van der Waals surface area contributed by atoms with E-state index in [4.69, 9.17) is 4.74 Å². The van der Waals surface area contributed by atoms with Gasteiger partial charge in [-0.2, -0.15) is 0 Å². The number of para-hydroxylation sites is 1. The molecule has 0 unspecified atom stereocenters. The molecule has 1 heterocycles. The molecule has 0 saturated heterocycles. The lowest BCUT2D eigenvalue weighted by Gasteiger charge is -2.24. The van der Waals surface area contributed by atoms with Gasteiger partial charge in [0.1, 0.15) is 0 Å². The highest BCUT2D eigenvalue weighted by atomic mass is 32.2. The monoisotopic (exact) mass is 363 g/mol. The minimum atomic E-state index is -3.95. The van der Waals surface area contributed by atoms with Gasteiger partial charge in [0.2, 0.25) is 0 Å². The third-order valence-electron chi connectivity index (χ3n) is 4.00. The summed E-state index contributed by atoms with van der Waals surface area (Å²) in [5.41, 5.74) is 1.04. The lowest BCUT2D eigenvalue weighted by Crippen LogP contribution is -2.34. The molecule has 0 aromatic heterocycles. The number of benzene rings is 2. The van der Waals surface area contributed by atoms with E-state index >= 15 is 0 Å². The molecule has 9 heteroatoms. The van der Waals surface area contributed by atoms with Gasteiger partial charge < -0.3 is 10.1 Å². The SMILES string of the molecule is COc1ccc(S(=O)(=O)N2CCNCc3ccccc32)cc1[N+](=O)[O-]. The second kappa shape index (κ2) is 6.69. The van der Waals surface area contributed by atoms with Gasteiger partial charge in [-0.25, -0.2) is 8.42 Å². The Kier molecular flexibility index (Phi) is 4.60. The number of sulfonamides is 1. The van der Waals surface area contributed by atoms with Crippen molar-refractivity contribution >= 4 is 21.4 Å². The van der Waals surface area contributed by atoms with Gasteiger partial charge >= 0.3 is 5.69 Å². The normalized spacial score (nSPS) is 14.5. The Morgan fingerprint density at radius 3 is 2.72 bits per heavy atom. The summed E-state index contributed by atoms with van der Waals surface area (Å²) >= 11 is 0. The number of nitro benzene ring substituents is 1. The maximum atomic E-state index is 13.1. The predicted octanol–water partition coefficient (Wildman–Crippen LogP) is 1.90. The van der Waals surface area contributed by atoms with Crippen molar-refractivity contribution in [2.24, 2.45) is 0 Å². The van der Waals surface area contributed by atoms with Crippen molar-refractivity contribution < 1.29 is 18.1 Å². The molecular weight excluding hydrogens is 346 g/mol. The van der Waals surface area contributed by atoms with Crippen LogP contribution in [0.3, 0.4) is 0 Å². The molecule has 3 rings (SSSR count). The molecule has 8 nitrogen and oxygen atoms in total. The Morgan fingerprint density at radius 1 is 1.24 bits per heavy atom. The van der Waals surface area contributed by atoms with E-state index < -0.39 is 14.9 Å². The molecule has 0 spiro atoms. The second-order valence-electron chi connectivity index (χ2n) is 5.47. The summed E-state index contributed by atoms with van der Waals surface area (Å²) in [5, 5.41) is 14.4. The predicted molar refractivity (Wildman–Crippen MR) is 92.3 cm³/mol. The maximum absolute atomic E-state index is 13.1. The van der Waals surface area contributed by atoms with Crippen LogP contribution in [0.15, 0.2) is 47.4 Å². The number of nitro groups is 1. The van der Waals surface area contributed by atoms with Crippen molar-refractivity contribution in [3.05, 3.63) is 58.1 Å². The van der Waals surface area contributed by atoms with E-state index in [1.165, 1.54) is 23.5 Å². The van der Waals surface area contributed by atoms with Crippen molar-refractivity contribution in [2.45, 2.75) is 11.4 Å². The van der Waals surface area contributed by atoms with Gasteiger partial charge in [-0.15, -0.1) is 0 Å². The Morgan fingerprint density at radius 2 is 2.00 bits per heavy atom. The zero-order valence-corrected chi connectivity index (χ0v) is 14.3. The Labute approximate surface area is 145 Å². The molecule has 1 aliphatic heterocycles. The summed E-state index contributed by atoms with van der Waals surface area (Å²) in [6.07, 6.45) is 0. The first-order valence-electron chi connectivity index (χ1n) is 7.59. The lowest BCUT2D eigenvalue weighted by molar-refractivity contribution is -0.386. The first kappa shape index (κ1) is 17.2. The quantitative estimate of drug-likeness (QED) is 0.658. The van der Waals surface area contributed by atoms with Crippen molar-refractivity contribution in [3.63, 3.8) is 0 Å². The lowest BCUT2D eigenvalue weighted by atomic mass is 10.2. The van der Waals surface area contributed by atoms with E-state index in [0.29, 0.717) is 18.8 Å². The third kappa shape index (κ3) is 3.15. The Bertz CT molecular complexity index is 914. The van der Waals surface area contributed by atoms with Crippen LogP contribution in [0.1, 0.15) is 5.56 Å². The van der Waals surface area contributed by atoms with Crippen molar-refractivity contribution in [1.29, 1.82) is 0 Å². The zero-order valence-electron chi connectivity index (χ0n) is 13.5. The van der Waals surface area contributed by atoms with E-state index in [-0.39, 0.29) is 22.9 Å². The van der Waals surface area contributed by atoms with E-state index in [1.807, 2.05) is 12.1 Å². The molecule has 2 aromatic carbocycles. The molecule has 2 aromatic rings. The number of fused-ring (bicyclic) bond motifs is 1. The fraction of sp³-hybridized carbons (Fsp3) is 0.250. The zero-order chi connectivity index (χ0) is 18.0. The number of rotatable bonds is 4. The van der Waals surface area contributed by atoms with Crippen molar-refractivity contribution in [2.75, 3.05) is 24.5 Å². The van der Waals surface area contributed by atoms with Crippen LogP contribution in [0, 0.1) is 10.1 Å². The fourth-order valence-corrected chi connectivity index (χ4v) is 4.30. The van der Waals surface area contributed by atoms with Gasteiger partial charge in [0.25, 0.3) is 10.0 Å². The topological polar surface area (TPSA) is 102 Å². The highest BCUT2D eigenvalue weighted by Crippen LogP contribution is 2.33. The molecule has 0 radical (unpaired) electrons. The number of hydrogen-bond acceptors (Lipinski definition) is 6. The summed E-state index contributed by atoms with van der Waals surface area (Å²) in [5.74, 6) is 0.0156. The van der Waals surface area contributed by atoms with Crippen molar-refractivity contribution in [3.8, 4) is 5.75 Å². The molecule has 0 amide bonds. The Hall–Kier alpha value is -2.65. The minimum absolute atomic E-state index is 0.0156. The third-order valence-corrected chi connectivity index (χ3v) is 5.81. The van der Waals surface area contributed by atoms with Gasteiger partial charge in [0.05, 0.1) is 22.6 Å². The van der Waals surface area contributed by atoms with Crippen LogP contribution >= 0.6 is 0 Å². The number of nitrogens with one attached hydrogen (secondary N) is 1. The van der Waals surface area contributed by atoms with Gasteiger partial charge in [0, 0.05) is 25.7 Å². The smallest absolute Gasteiger partial charge is 0.312 e. The van der Waals surface area contributed by atoms with Gasteiger partial charge in [-0.3, -0.25) is 14.4 Å². The van der Waals surface area contributed by atoms with Crippen LogP contribution in [-0.2, 0) is 16.6 Å².